The Morgan fingerprint density at radius 2 is 2.00 bits per heavy atom. The van der Waals surface area contributed by atoms with E-state index in [4.69, 9.17) is 0 Å². The Morgan fingerprint density at radius 1 is 1.23 bits per heavy atom. The highest BCUT2D eigenvalue weighted by Gasteiger charge is 2.07. The molecular weight excluding hydrogens is 350 g/mol. The number of carbonyl (C=O) groups excluding carboxylic acids is 1. The van der Waals surface area contributed by atoms with E-state index < -0.39 is 4.92 Å². The molecule has 0 fully saturated rings. The number of benzene rings is 2. The van der Waals surface area contributed by atoms with E-state index in [0.29, 0.717) is 11.4 Å². The van der Waals surface area contributed by atoms with Crippen LogP contribution >= 0.6 is 15.9 Å². The highest BCUT2D eigenvalue weighted by atomic mass is 79.9. The number of nitro groups is 1. The third-order valence-electron chi connectivity index (χ3n) is 2.95. The minimum Gasteiger partial charge on any atom is -0.376 e. The molecule has 6 nitrogen and oxygen atoms in total. The van der Waals surface area contributed by atoms with Gasteiger partial charge in [-0.2, -0.15) is 0 Å². The van der Waals surface area contributed by atoms with Crippen LogP contribution in [-0.2, 0) is 4.79 Å². The van der Waals surface area contributed by atoms with Crippen molar-refractivity contribution in [2.45, 2.75) is 6.92 Å². The van der Waals surface area contributed by atoms with Crippen molar-refractivity contribution in [3.05, 3.63) is 62.6 Å². The monoisotopic (exact) mass is 363 g/mol. The molecule has 2 aromatic rings. The largest absolute Gasteiger partial charge is 0.376 e. The van der Waals surface area contributed by atoms with Gasteiger partial charge < -0.3 is 10.6 Å². The average Bonchev–Trinajstić information content (AvgIpc) is 2.49. The maximum Gasteiger partial charge on any atom is 0.271 e. The van der Waals surface area contributed by atoms with E-state index in [-0.39, 0.29) is 18.1 Å². The fraction of sp³-hybridized carbons (Fsp3) is 0.133. The average molecular weight is 364 g/mol. The van der Waals surface area contributed by atoms with Crippen molar-refractivity contribution in [1.29, 1.82) is 0 Å². The molecule has 0 atom stereocenters. The maximum atomic E-state index is 11.9. The summed E-state index contributed by atoms with van der Waals surface area (Å²) in [5.41, 5.74) is 2.22. The Kier molecular flexibility index (Phi) is 5.11. The second kappa shape index (κ2) is 7.04. The number of nitro benzene ring substituents is 1. The Hall–Kier alpha value is -2.41. The molecule has 1 amide bonds. The lowest BCUT2D eigenvalue weighted by atomic mass is 10.2. The summed E-state index contributed by atoms with van der Waals surface area (Å²) in [4.78, 5) is 22.1. The molecule has 0 aliphatic rings. The summed E-state index contributed by atoms with van der Waals surface area (Å²) in [7, 11) is 0. The number of hydrogen-bond donors (Lipinski definition) is 2. The highest BCUT2D eigenvalue weighted by molar-refractivity contribution is 9.10. The molecule has 0 radical (unpaired) electrons. The van der Waals surface area contributed by atoms with Gasteiger partial charge in [-0.3, -0.25) is 14.9 Å². The molecule has 2 N–H and O–H groups in total. The van der Waals surface area contributed by atoms with Crippen molar-refractivity contribution in [3.8, 4) is 0 Å². The predicted octanol–water partition coefficient (Wildman–Crippen LogP) is 3.72. The summed E-state index contributed by atoms with van der Waals surface area (Å²) in [6, 6.07) is 11.5. The molecule has 0 aromatic heterocycles. The SMILES string of the molecule is Cc1cc(NC(=O)CNc2cccc([N+](=O)[O-])c2)ccc1Br. The van der Waals surface area contributed by atoms with Crippen molar-refractivity contribution >= 4 is 38.9 Å². The Morgan fingerprint density at radius 3 is 2.68 bits per heavy atom. The minimum atomic E-state index is -0.476. The summed E-state index contributed by atoms with van der Waals surface area (Å²) < 4.78 is 0.972. The molecule has 0 saturated heterocycles. The second-order valence-electron chi connectivity index (χ2n) is 4.67. The van der Waals surface area contributed by atoms with E-state index in [1.807, 2.05) is 19.1 Å². The van der Waals surface area contributed by atoms with Gasteiger partial charge in [0.2, 0.25) is 5.91 Å². The molecule has 0 saturated carbocycles. The molecule has 0 bridgehead atoms. The third kappa shape index (κ3) is 4.29. The number of aryl methyl sites for hydroxylation is 1. The van der Waals surface area contributed by atoms with Gasteiger partial charge in [0.15, 0.2) is 0 Å². The van der Waals surface area contributed by atoms with Gasteiger partial charge in [0.25, 0.3) is 5.69 Å². The van der Waals surface area contributed by atoms with E-state index in [1.54, 1.807) is 18.2 Å². The first kappa shape index (κ1) is 16.0. The number of carbonyl (C=O) groups is 1. The number of amides is 1. The van der Waals surface area contributed by atoms with Crippen molar-refractivity contribution in [3.63, 3.8) is 0 Å². The quantitative estimate of drug-likeness (QED) is 0.626. The van der Waals surface area contributed by atoms with E-state index in [0.717, 1.165) is 10.0 Å². The third-order valence-corrected chi connectivity index (χ3v) is 3.84. The van der Waals surface area contributed by atoms with Gasteiger partial charge in [-0.25, -0.2) is 0 Å². The van der Waals surface area contributed by atoms with Gasteiger partial charge in [-0.05, 0) is 36.8 Å². The minimum absolute atomic E-state index is 0.0195. The molecule has 0 unspecified atom stereocenters. The lowest BCUT2D eigenvalue weighted by molar-refractivity contribution is -0.384. The van der Waals surface area contributed by atoms with E-state index >= 15 is 0 Å². The number of nitrogens with zero attached hydrogens (tertiary/aromatic N) is 1. The zero-order chi connectivity index (χ0) is 16.1. The standard InChI is InChI=1S/C15H14BrN3O3/c1-10-7-12(5-6-14(10)16)18-15(20)9-17-11-3-2-4-13(8-11)19(21)22/h2-8,17H,9H2,1H3,(H,18,20). The fourth-order valence-electron chi connectivity index (χ4n) is 1.84. The fourth-order valence-corrected chi connectivity index (χ4v) is 2.09. The summed E-state index contributed by atoms with van der Waals surface area (Å²) in [5.74, 6) is -0.228. The van der Waals surface area contributed by atoms with Crippen LogP contribution in [0.4, 0.5) is 17.1 Å². The lowest BCUT2D eigenvalue weighted by Crippen LogP contribution is -2.21. The van der Waals surface area contributed by atoms with Crippen LogP contribution < -0.4 is 10.6 Å². The van der Waals surface area contributed by atoms with E-state index in [1.165, 1.54) is 12.1 Å². The summed E-state index contributed by atoms with van der Waals surface area (Å²) in [5, 5.41) is 16.3. The van der Waals surface area contributed by atoms with Crippen LogP contribution in [-0.4, -0.2) is 17.4 Å². The van der Waals surface area contributed by atoms with Crippen LogP contribution in [0.1, 0.15) is 5.56 Å². The number of non-ortho nitro benzene ring substituents is 1. The van der Waals surface area contributed by atoms with Crippen LogP contribution in [0.2, 0.25) is 0 Å². The van der Waals surface area contributed by atoms with Crippen LogP contribution in [0.15, 0.2) is 46.9 Å². The Bertz CT molecular complexity index is 719. The first-order valence-electron chi connectivity index (χ1n) is 6.50. The number of halogens is 1. The van der Waals surface area contributed by atoms with Crippen molar-refractivity contribution in [2.75, 3.05) is 17.2 Å². The molecule has 0 aliphatic heterocycles. The van der Waals surface area contributed by atoms with Crippen molar-refractivity contribution in [1.82, 2.24) is 0 Å². The van der Waals surface area contributed by atoms with Crippen LogP contribution in [0.5, 0.6) is 0 Å². The van der Waals surface area contributed by atoms with Crippen molar-refractivity contribution in [2.24, 2.45) is 0 Å². The lowest BCUT2D eigenvalue weighted by Gasteiger charge is -2.09. The molecule has 0 aliphatic carbocycles. The second-order valence-corrected chi connectivity index (χ2v) is 5.53. The first-order valence-corrected chi connectivity index (χ1v) is 7.29. The molecule has 2 rings (SSSR count). The Balaban J connectivity index is 1.94. The van der Waals surface area contributed by atoms with Gasteiger partial charge in [-0.15, -0.1) is 0 Å². The number of hydrogen-bond acceptors (Lipinski definition) is 4. The molecule has 7 heteroatoms. The molecule has 0 spiro atoms. The van der Waals surface area contributed by atoms with Gasteiger partial charge in [-0.1, -0.05) is 22.0 Å². The Labute approximate surface area is 135 Å². The first-order chi connectivity index (χ1) is 10.5. The zero-order valence-electron chi connectivity index (χ0n) is 11.8. The molecule has 114 valence electrons. The summed E-state index contributed by atoms with van der Waals surface area (Å²) >= 11 is 3.40. The summed E-state index contributed by atoms with van der Waals surface area (Å²) in [6.07, 6.45) is 0. The maximum absolute atomic E-state index is 11.9. The van der Waals surface area contributed by atoms with Gasteiger partial charge >= 0.3 is 0 Å². The summed E-state index contributed by atoms with van der Waals surface area (Å²) in [6.45, 7) is 1.96. The number of nitrogens with one attached hydrogen (secondary N) is 2. The van der Waals surface area contributed by atoms with Gasteiger partial charge in [0, 0.05) is 28.0 Å². The smallest absolute Gasteiger partial charge is 0.271 e. The molecule has 0 heterocycles. The molecular formula is C15H14BrN3O3. The molecule has 2 aromatic carbocycles. The number of anilines is 2. The van der Waals surface area contributed by atoms with Gasteiger partial charge in [0.05, 0.1) is 11.5 Å². The number of rotatable bonds is 5. The van der Waals surface area contributed by atoms with E-state index in [9.17, 15) is 14.9 Å². The van der Waals surface area contributed by atoms with E-state index in [2.05, 4.69) is 26.6 Å². The zero-order valence-corrected chi connectivity index (χ0v) is 13.4. The van der Waals surface area contributed by atoms with Crippen LogP contribution in [0.25, 0.3) is 0 Å². The topological polar surface area (TPSA) is 84.3 Å². The normalized spacial score (nSPS) is 10.1. The molecule has 22 heavy (non-hydrogen) atoms. The van der Waals surface area contributed by atoms with Crippen LogP contribution in [0.3, 0.4) is 0 Å². The van der Waals surface area contributed by atoms with Crippen LogP contribution in [0, 0.1) is 17.0 Å². The highest BCUT2D eigenvalue weighted by Crippen LogP contribution is 2.20. The van der Waals surface area contributed by atoms with Gasteiger partial charge in [0.1, 0.15) is 0 Å². The van der Waals surface area contributed by atoms with Crippen molar-refractivity contribution < 1.29 is 9.72 Å². The predicted molar refractivity (Wildman–Crippen MR) is 89.1 cm³/mol.